The van der Waals surface area contributed by atoms with Gasteiger partial charge in [-0.05, 0) is 25.5 Å². The van der Waals surface area contributed by atoms with Crippen molar-refractivity contribution >= 4 is 51.5 Å². The number of esters is 1. The zero-order chi connectivity index (χ0) is 27.0. The van der Waals surface area contributed by atoms with E-state index in [-0.39, 0.29) is 36.6 Å². The number of carbonyl (C=O) groups excluding carboxylic acids is 3. The number of fused-ring (bicyclic) bond motifs is 2. The Morgan fingerprint density at radius 3 is 2.62 bits per heavy atom. The van der Waals surface area contributed by atoms with Gasteiger partial charge in [-0.25, -0.2) is 14.6 Å². The summed E-state index contributed by atoms with van der Waals surface area (Å²) in [6.07, 6.45) is 3.51. The molecule has 37 heavy (non-hydrogen) atoms. The van der Waals surface area contributed by atoms with Gasteiger partial charge in [0.2, 0.25) is 5.91 Å². The topological polar surface area (TPSA) is 120 Å². The maximum absolute atomic E-state index is 13.5. The molecule has 202 valence electrons. The highest BCUT2D eigenvalue weighted by molar-refractivity contribution is 7.98. The predicted octanol–water partition coefficient (Wildman–Crippen LogP) is 4.16. The van der Waals surface area contributed by atoms with Crippen molar-refractivity contribution in [2.24, 2.45) is 17.8 Å². The van der Waals surface area contributed by atoms with Crippen LogP contribution in [0.5, 0.6) is 0 Å². The Balaban J connectivity index is 1.62. The van der Waals surface area contributed by atoms with Crippen molar-refractivity contribution in [1.82, 2.24) is 14.3 Å². The molecule has 1 saturated heterocycles. The van der Waals surface area contributed by atoms with Crippen LogP contribution in [0.25, 0.3) is 10.4 Å². The Morgan fingerprint density at radius 1 is 1.27 bits per heavy atom. The lowest BCUT2D eigenvalue weighted by Crippen LogP contribution is -2.63. The molecule has 0 saturated carbocycles. The van der Waals surface area contributed by atoms with Crippen LogP contribution in [-0.2, 0) is 23.8 Å². The number of carbonyl (C=O) groups is 3. The lowest BCUT2D eigenvalue weighted by atomic mass is 9.77. The third kappa shape index (κ3) is 5.10. The second-order valence-electron chi connectivity index (χ2n) is 9.72. The second kappa shape index (κ2) is 11.0. The van der Waals surface area contributed by atoms with Crippen LogP contribution in [0.3, 0.4) is 0 Å². The van der Waals surface area contributed by atoms with E-state index in [1.54, 1.807) is 20.2 Å². The molecule has 0 spiro atoms. The van der Waals surface area contributed by atoms with Crippen LogP contribution in [-0.4, -0.2) is 68.7 Å². The maximum Gasteiger partial charge on any atom is 0.511 e. The number of β-lactam (4-membered cyclic amide) rings is 1. The van der Waals surface area contributed by atoms with Crippen LogP contribution in [0.4, 0.5) is 4.79 Å². The fraction of sp³-hybridized carbons (Fsp3) is 0.600. The second-order valence-corrected chi connectivity index (χ2v) is 11.5. The Labute approximate surface area is 224 Å². The number of amides is 1. The molecule has 4 heterocycles. The number of imidazole rings is 1. The molecule has 12 heteroatoms. The monoisotopic (exact) mass is 551 g/mol. The highest BCUT2D eigenvalue weighted by Gasteiger charge is 2.60. The Morgan fingerprint density at radius 2 is 2.00 bits per heavy atom. The van der Waals surface area contributed by atoms with Gasteiger partial charge >= 0.3 is 12.1 Å². The fourth-order valence-corrected chi connectivity index (χ4v) is 6.73. The van der Waals surface area contributed by atoms with Crippen LogP contribution in [0.1, 0.15) is 52.3 Å². The third-order valence-corrected chi connectivity index (χ3v) is 8.68. The molecule has 5 atom stereocenters. The summed E-state index contributed by atoms with van der Waals surface area (Å²) >= 11 is 3.00. The van der Waals surface area contributed by atoms with Gasteiger partial charge in [0.25, 0.3) is 6.29 Å². The largest absolute Gasteiger partial charge is 0.511 e. The maximum atomic E-state index is 13.5. The number of hydrogen-bond acceptors (Lipinski definition) is 10. The minimum atomic E-state index is -1.17. The summed E-state index contributed by atoms with van der Waals surface area (Å²) in [6.45, 7) is 9.47. The molecule has 2 aromatic rings. The summed E-state index contributed by atoms with van der Waals surface area (Å²) in [4.78, 5) is 46.2. The molecular formula is C25H33N3O7S2. The van der Waals surface area contributed by atoms with E-state index in [1.807, 2.05) is 37.6 Å². The Bertz CT molecular complexity index is 1220. The Kier molecular flexibility index (Phi) is 8.20. The van der Waals surface area contributed by atoms with E-state index in [1.165, 1.54) is 28.0 Å². The van der Waals surface area contributed by atoms with Gasteiger partial charge in [0.05, 0.1) is 29.5 Å². The van der Waals surface area contributed by atoms with Gasteiger partial charge in [-0.15, -0.1) is 23.1 Å². The first-order valence-electron chi connectivity index (χ1n) is 12.4. The molecule has 0 aliphatic carbocycles. The van der Waals surface area contributed by atoms with Crippen LogP contribution >= 0.6 is 23.1 Å². The predicted molar refractivity (Wildman–Crippen MR) is 139 cm³/mol. The SMILES string of the molecule is CCC(OC(=O)OCCC(C)C)OC(=O)C1=C(c2cn3cnc(SC)c3s2)[C@H](C)[C@@H]2[C@@H]([C@@H](C)O)C(=O)N12. The molecule has 2 aliphatic rings. The molecule has 1 unspecified atom stereocenters. The molecule has 0 bridgehead atoms. The zero-order valence-corrected chi connectivity index (χ0v) is 23.4. The lowest BCUT2D eigenvalue weighted by molar-refractivity contribution is -0.176. The van der Waals surface area contributed by atoms with E-state index in [9.17, 15) is 19.5 Å². The average Bonchev–Trinajstić information content (AvgIpc) is 3.47. The van der Waals surface area contributed by atoms with E-state index < -0.39 is 30.4 Å². The number of thiazole rings is 1. The average molecular weight is 552 g/mol. The molecule has 2 aliphatic heterocycles. The van der Waals surface area contributed by atoms with Crippen LogP contribution in [0.2, 0.25) is 0 Å². The van der Waals surface area contributed by atoms with Crippen LogP contribution < -0.4 is 0 Å². The van der Waals surface area contributed by atoms with Crippen molar-refractivity contribution in [3.8, 4) is 0 Å². The lowest BCUT2D eigenvalue weighted by Gasteiger charge is -2.46. The first kappa shape index (κ1) is 27.5. The van der Waals surface area contributed by atoms with E-state index in [0.29, 0.717) is 17.9 Å². The number of aromatic nitrogens is 2. The van der Waals surface area contributed by atoms with Crippen molar-refractivity contribution in [1.29, 1.82) is 0 Å². The molecule has 1 fully saturated rings. The standard InChI is InChI=1S/C25H33N3O7S2/c1-7-16(35-25(32)33-9-8-12(2)3)34-24(31)20-17(13(4)19-18(14(5)29)22(30)28(19)20)15-10-27-11-26-21(36-6)23(27)37-15/h10-14,16,18-19,29H,7-9H2,1-6H3/t13-,14+,16?,18+,19+/m0/s1. The number of thioether (sulfide) groups is 1. The zero-order valence-electron chi connectivity index (χ0n) is 21.8. The van der Waals surface area contributed by atoms with Gasteiger partial charge in [-0.3, -0.25) is 9.20 Å². The molecule has 0 aromatic carbocycles. The highest BCUT2D eigenvalue weighted by atomic mass is 32.2. The minimum absolute atomic E-state index is 0.123. The summed E-state index contributed by atoms with van der Waals surface area (Å²) in [7, 11) is 0. The Hall–Kier alpha value is -2.57. The van der Waals surface area contributed by atoms with Crippen molar-refractivity contribution in [2.75, 3.05) is 12.9 Å². The van der Waals surface area contributed by atoms with Crippen LogP contribution in [0, 0.1) is 17.8 Å². The normalized spacial score (nSPS) is 22.8. The van der Waals surface area contributed by atoms with Crippen molar-refractivity contribution in [3.05, 3.63) is 23.1 Å². The van der Waals surface area contributed by atoms with Crippen molar-refractivity contribution < 1.29 is 33.7 Å². The van der Waals surface area contributed by atoms with Gasteiger partial charge in [0, 0.05) is 24.1 Å². The van der Waals surface area contributed by atoms with E-state index in [0.717, 1.165) is 14.7 Å². The molecular weight excluding hydrogens is 518 g/mol. The highest BCUT2D eigenvalue weighted by Crippen LogP contribution is 2.52. The molecule has 2 aromatic heterocycles. The minimum Gasteiger partial charge on any atom is -0.434 e. The number of aliphatic hydroxyl groups is 1. The number of hydrogen-bond donors (Lipinski definition) is 1. The fourth-order valence-electron chi connectivity index (χ4n) is 4.81. The van der Waals surface area contributed by atoms with E-state index in [2.05, 4.69) is 4.98 Å². The van der Waals surface area contributed by atoms with Crippen LogP contribution in [0.15, 0.2) is 23.2 Å². The molecule has 0 radical (unpaired) electrons. The number of nitrogens with zero attached hydrogens (tertiary/aromatic N) is 3. The van der Waals surface area contributed by atoms with Gasteiger partial charge < -0.3 is 24.2 Å². The molecule has 1 N–H and O–H groups in total. The molecule has 4 rings (SSSR count). The first-order chi connectivity index (χ1) is 17.6. The number of ether oxygens (including phenoxy) is 3. The number of rotatable bonds is 10. The van der Waals surface area contributed by atoms with Gasteiger partial charge in [-0.1, -0.05) is 27.7 Å². The van der Waals surface area contributed by atoms with Crippen molar-refractivity contribution in [3.63, 3.8) is 0 Å². The quantitative estimate of drug-likeness (QED) is 0.201. The van der Waals surface area contributed by atoms with E-state index >= 15 is 0 Å². The molecule has 1 amide bonds. The first-order valence-corrected chi connectivity index (χ1v) is 14.4. The summed E-state index contributed by atoms with van der Waals surface area (Å²) in [5.74, 6) is -1.56. The smallest absolute Gasteiger partial charge is 0.434 e. The number of aliphatic hydroxyl groups excluding tert-OH is 1. The summed E-state index contributed by atoms with van der Waals surface area (Å²) < 4.78 is 17.8. The third-order valence-electron chi connectivity index (χ3n) is 6.72. The van der Waals surface area contributed by atoms with Gasteiger partial charge in [-0.2, -0.15) is 0 Å². The van der Waals surface area contributed by atoms with Crippen molar-refractivity contribution in [2.45, 2.75) is 70.9 Å². The summed E-state index contributed by atoms with van der Waals surface area (Å²) in [5, 5.41) is 11.1. The summed E-state index contributed by atoms with van der Waals surface area (Å²) in [5.41, 5.74) is 0.791. The van der Waals surface area contributed by atoms with Gasteiger partial charge in [0.15, 0.2) is 0 Å². The molecule has 10 nitrogen and oxygen atoms in total. The van der Waals surface area contributed by atoms with Gasteiger partial charge in [0.1, 0.15) is 21.9 Å². The summed E-state index contributed by atoms with van der Waals surface area (Å²) in [6, 6.07) is -0.369. The van der Waals surface area contributed by atoms with E-state index in [4.69, 9.17) is 14.2 Å².